The molecular formula is C11H24N2O. The minimum Gasteiger partial charge on any atom is -0.353 e. The zero-order chi connectivity index (χ0) is 11.0. The van der Waals surface area contributed by atoms with E-state index in [1.54, 1.807) is 0 Å². The fourth-order valence-electron chi connectivity index (χ4n) is 1.25. The van der Waals surface area contributed by atoms with Crippen LogP contribution in [0.5, 0.6) is 0 Å². The van der Waals surface area contributed by atoms with Gasteiger partial charge < -0.3 is 10.6 Å². The lowest BCUT2D eigenvalue weighted by Crippen LogP contribution is -2.40. The highest BCUT2D eigenvalue weighted by molar-refractivity contribution is 5.78. The van der Waals surface area contributed by atoms with Crippen LogP contribution in [0, 0.1) is 0 Å². The molecule has 84 valence electrons. The molecule has 0 rings (SSSR count). The van der Waals surface area contributed by atoms with E-state index < -0.39 is 0 Å². The second-order valence-corrected chi connectivity index (χ2v) is 4.15. The second-order valence-electron chi connectivity index (χ2n) is 4.15. The van der Waals surface area contributed by atoms with E-state index in [-0.39, 0.29) is 11.9 Å². The van der Waals surface area contributed by atoms with E-state index in [4.69, 9.17) is 0 Å². The van der Waals surface area contributed by atoms with Gasteiger partial charge in [-0.3, -0.25) is 4.79 Å². The Morgan fingerprint density at radius 1 is 1.29 bits per heavy atom. The topological polar surface area (TPSA) is 41.1 Å². The van der Waals surface area contributed by atoms with Crippen LogP contribution in [0.25, 0.3) is 0 Å². The molecule has 1 atom stereocenters. The fourth-order valence-corrected chi connectivity index (χ4v) is 1.25. The molecule has 0 aromatic carbocycles. The van der Waals surface area contributed by atoms with Gasteiger partial charge in [0.2, 0.25) is 5.91 Å². The molecule has 0 aromatic rings. The van der Waals surface area contributed by atoms with Gasteiger partial charge >= 0.3 is 0 Å². The van der Waals surface area contributed by atoms with Crippen LogP contribution in [0.15, 0.2) is 0 Å². The molecule has 0 aliphatic carbocycles. The first kappa shape index (κ1) is 13.4. The Labute approximate surface area is 87.6 Å². The molecule has 1 amide bonds. The first-order valence-electron chi connectivity index (χ1n) is 5.59. The molecular weight excluding hydrogens is 176 g/mol. The molecule has 0 fully saturated rings. The van der Waals surface area contributed by atoms with Gasteiger partial charge in [-0.1, -0.05) is 19.8 Å². The summed E-state index contributed by atoms with van der Waals surface area (Å²) in [7, 11) is 0. The Kier molecular flexibility index (Phi) is 7.48. The maximum atomic E-state index is 11.3. The standard InChI is InChI=1S/C11H24N2O/c1-5-6-7-10(4)12-8-11(14)13-9(2)3/h9-10,12H,5-8H2,1-4H3,(H,13,14). The lowest BCUT2D eigenvalue weighted by atomic mass is 10.1. The van der Waals surface area contributed by atoms with Gasteiger partial charge in [-0.25, -0.2) is 0 Å². The number of amides is 1. The van der Waals surface area contributed by atoms with Gasteiger partial charge in [-0.2, -0.15) is 0 Å². The van der Waals surface area contributed by atoms with Crippen molar-refractivity contribution in [3.05, 3.63) is 0 Å². The van der Waals surface area contributed by atoms with E-state index in [1.165, 1.54) is 12.8 Å². The monoisotopic (exact) mass is 200 g/mol. The quantitative estimate of drug-likeness (QED) is 0.656. The average Bonchev–Trinajstić information content (AvgIpc) is 2.10. The van der Waals surface area contributed by atoms with E-state index in [0.717, 1.165) is 6.42 Å². The van der Waals surface area contributed by atoms with Crippen molar-refractivity contribution >= 4 is 5.91 Å². The third-order valence-electron chi connectivity index (χ3n) is 2.05. The van der Waals surface area contributed by atoms with Crippen LogP contribution in [-0.4, -0.2) is 24.5 Å². The molecule has 0 spiro atoms. The van der Waals surface area contributed by atoms with Crippen LogP contribution in [-0.2, 0) is 4.79 Å². The van der Waals surface area contributed by atoms with Crippen LogP contribution in [0.1, 0.15) is 47.0 Å². The summed E-state index contributed by atoms with van der Waals surface area (Å²) in [6.07, 6.45) is 3.58. The average molecular weight is 200 g/mol. The fraction of sp³-hybridized carbons (Fsp3) is 0.909. The molecule has 0 aromatic heterocycles. The van der Waals surface area contributed by atoms with Crippen LogP contribution >= 0.6 is 0 Å². The molecule has 0 saturated heterocycles. The summed E-state index contributed by atoms with van der Waals surface area (Å²) in [5.74, 6) is 0.0864. The highest BCUT2D eigenvalue weighted by atomic mass is 16.1. The number of carbonyl (C=O) groups excluding carboxylic acids is 1. The summed E-state index contributed by atoms with van der Waals surface area (Å²) in [5, 5.41) is 6.06. The van der Waals surface area contributed by atoms with Crippen LogP contribution in [0.4, 0.5) is 0 Å². The molecule has 0 heterocycles. The maximum Gasteiger partial charge on any atom is 0.234 e. The Bertz CT molecular complexity index is 157. The Morgan fingerprint density at radius 3 is 2.43 bits per heavy atom. The number of nitrogens with one attached hydrogen (secondary N) is 2. The van der Waals surface area contributed by atoms with E-state index in [2.05, 4.69) is 24.5 Å². The summed E-state index contributed by atoms with van der Waals surface area (Å²) in [5.41, 5.74) is 0. The highest BCUT2D eigenvalue weighted by Crippen LogP contribution is 1.98. The Morgan fingerprint density at radius 2 is 1.93 bits per heavy atom. The van der Waals surface area contributed by atoms with Gasteiger partial charge in [0, 0.05) is 12.1 Å². The second kappa shape index (κ2) is 7.80. The summed E-state index contributed by atoms with van der Waals surface area (Å²) in [4.78, 5) is 11.3. The van der Waals surface area contributed by atoms with E-state index in [0.29, 0.717) is 12.6 Å². The molecule has 14 heavy (non-hydrogen) atoms. The molecule has 1 unspecified atom stereocenters. The van der Waals surface area contributed by atoms with Gasteiger partial charge in [-0.15, -0.1) is 0 Å². The van der Waals surface area contributed by atoms with Crippen molar-refractivity contribution in [3.63, 3.8) is 0 Å². The third kappa shape index (κ3) is 8.05. The maximum absolute atomic E-state index is 11.3. The zero-order valence-electron chi connectivity index (χ0n) is 9.89. The number of rotatable bonds is 7. The van der Waals surface area contributed by atoms with Crippen molar-refractivity contribution in [2.45, 2.75) is 59.0 Å². The number of unbranched alkanes of at least 4 members (excludes halogenated alkanes) is 1. The molecule has 2 N–H and O–H groups in total. The SMILES string of the molecule is CCCCC(C)NCC(=O)NC(C)C. The van der Waals surface area contributed by atoms with Crippen molar-refractivity contribution in [2.75, 3.05) is 6.54 Å². The number of hydrogen-bond acceptors (Lipinski definition) is 2. The lowest BCUT2D eigenvalue weighted by Gasteiger charge is -2.14. The van der Waals surface area contributed by atoms with Gasteiger partial charge in [0.1, 0.15) is 0 Å². The van der Waals surface area contributed by atoms with Crippen molar-refractivity contribution in [1.29, 1.82) is 0 Å². The van der Waals surface area contributed by atoms with E-state index in [1.807, 2.05) is 13.8 Å². The van der Waals surface area contributed by atoms with Gasteiger partial charge in [0.05, 0.1) is 6.54 Å². The highest BCUT2D eigenvalue weighted by Gasteiger charge is 2.05. The van der Waals surface area contributed by atoms with Gasteiger partial charge in [0.15, 0.2) is 0 Å². The van der Waals surface area contributed by atoms with Crippen molar-refractivity contribution in [3.8, 4) is 0 Å². The predicted octanol–water partition coefficient (Wildman–Crippen LogP) is 1.68. The summed E-state index contributed by atoms with van der Waals surface area (Å²) in [6, 6.07) is 0.670. The van der Waals surface area contributed by atoms with Crippen LogP contribution in [0.2, 0.25) is 0 Å². The Hall–Kier alpha value is -0.570. The lowest BCUT2D eigenvalue weighted by molar-refractivity contribution is -0.120. The zero-order valence-corrected chi connectivity index (χ0v) is 9.89. The van der Waals surface area contributed by atoms with Crippen molar-refractivity contribution in [2.24, 2.45) is 0 Å². The van der Waals surface area contributed by atoms with Crippen molar-refractivity contribution < 1.29 is 4.79 Å². The predicted molar refractivity (Wildman–Crippen MR) is 60.3 cm³/mol. The van der Waals surface area contributed by atoms with E-state index >= 15 is 0 Å². The Balaban J connectivity index is 3.45. The number of hydrogen-bond donors (Lipinski definition) is 2. The normalized spacial score (nSPS) is 12.9. The molecule has 3 nitrogen and oxygen atoms in total. The van der Waals surface area contributed by atoms with Gasteiger partial charge in [0.25, 0.3) is 0 Å². The minimum atomic E-state index is 0.0864. The summed E-state index contributed by atoms with van der Waals surface area (Å²) < 4.78 is 0. The smallest absolute Gasteiger partial charge is 0.234 e. The molecule has 0 bridgehead atoms. The molecule has 0 radical (unpaired) electrons. The molecule has 0 saturated carbocycles. The summed E-state index contributed by atoms with van der Waals surface area (Å²) >= 11 is 0. The first-order chi connectivity index (χ1) is 6.56. The molecule has 0 aliphatic rings. The minimum absolute atomic E-state index is 0.0864. The van der Waals surface area contributed by atoms with E-state index in [9.17, 15) is 4.79 Å². The van der Waals surface area contributed by atoms with Crippen LogP contribution < -0.4 is 10.6 Å². The number of carbonyl (C=O) groups is 1. The molecule has 0 aliphatic heterocycles. The third-order valence-corrected chi connectivity index (χ3v) is 2.05. The molecule has 3 heteroatoms. The first-order valence-corrected chi connectivity index (χ1v) is 5.59. The van der Waals surface area contributed by atoms with Gasteiger partial charge in [-0.05, 0) is 27.2 Å². The largest absolute Gasteiger partial charge is 0.353 e. The van der Waals surface area contributed by atoms with Crippen molar-refractivity contribution in [1.82, 2.24) is 10.6 Å². The van der Waals surface area contributed by atoms with Crippen LogP contribution in [0.3, 0.4) is 0 Å². The summed E-state index contributed by atoms with van der Waals surface area (Å²) in [6.45, 7) is 8.68.